The standard InChI is InChI=1S/C17H30ClN5OS/c1-7-21(8-2)15(22(9-3)10-4)13-14(25-16(18)19-13)20-17(24)23(11-5)12-6/h7-12H2,1-6H3/b20-14+. The monoisotopic (exact) mass is 387 g/mol. The largest absolute Gasteiger partial charge is 0.357 e. The lowest BCUT2D eigenvalue weighted by Gasteiger charge is -2.34. The van der Waals surface area contributed by atoms with Crippen LogP contribution in [-0.2, 0) is 0 Å². The van der Waals surface area contributed by atoms with E-state index in [1.807, 2.05) is 13.8 Å². The summed E-state index contributed by atoms with van der Waals surface area (Å²) >= 11 is 7.45. The summed E-state index contributed by atoms with van der Waals surface area (Å²) in [5.74, 6) is 0.990. The zero-order valence-corrected chi connectivity index (χ0v) is 17.7. The molecule has 0 unspecified atom stereocenters. The molecule has 6 nitrogen and oxygen atoms in total. The molecular weight excluding hydrogens is 358 g/mol. The van der Waals surface area contributed by atoms with Crippen LogP contribution >= 0.6 is 23.4 Å². The number of hydrogen-bond acceptors (Lipinski definition) is 5. The van der Waals surface area contributed by atoms with Gasteiger partial charge in [-0.05, 0) is 53.3 Å². The average Bonchev–Trinajstić information content (AvgIpc) is 2.96. The molecule has 8 heteroatoms. The van der Waals surface area contributed by atoms with Crippen LogP contribution < -0.4 is 0 Å². The van der Waals surface area contributed by atoms with Crippen LogP contribution in [0.4, 0.5) is 4.79 Å². The molecule has 1 aliphatic rings. The van der Waals surface area contributed by atoms with Crippen LogP contribution in [0.1, 0.15) is 41.5 Å². The number of nitrogens with zero attached hydrogens (tertiary/aromatic N) is 5. The Morgan fingerprint density at radius 3 is 1.76 bits per heavy atom. The Kier molecular flexibility index (Phi) is 9.35. The molecule has 0 saturated carbocycles. The van der Waals surface area contributed by atoms with Crippen molar-refractivity contribution >= 4 is 38.9 Å². The van der Waals surface area contributed by atoms with E-state index in [-0.39, 0.29) is 6.03 Å². The molecule has 0 aromatic carbocycles. The van der Waals surface area contributed by atoms with Gasteiger partial charge in [0, 0.05) is 39.3 Å². The number of amides is 2. The number of hydrogen-bond donors (Lipinski definition) is 0. The van der Waals surface area contributed by atoms with Gasteiger partial charge in [0.15, 0.2) is 4.50 Å². The zero-order chi connectivity index (χ0) is 19.0. The topological polar surface area (TPSA) is 51.5 Å². The fraction of sp³-hybridized carbons (Fsp3) is 0.706. The third-order valence-electron chi connectivity index (χ3n) is 4.15. The first-order valence-corrected chi connectivity index (χ1v) is 10.2. The van der Waals surface area contributed by atoms with Crippen molar-refractivity contribution < 1.29 is 4.79 Å². The molecule has 0 radical (unpaired) electrons. The van der Waals surface area contributed by atoms with Gasteiger partial charge in [-0.15, -0.1) is 0 Å². The van der Waals surface area contributed by atoms with E-state index in [1.165, 1.54) is 11.8 Å². The number of carbonyl (C=O) groups excluding carboxylic acids is 1. The Hall–Kier alpha value is -1.21. The summed E-state index contributed by atoms with van der Waals surface area (Å²) in [6, 6.07) is -0.245. The van der Waals surface area contributed by atoms with Gasteiger partial charge in [0.05, 0.1) is 0 Å². The Morgan fingerprint density at radius 1 is 0.920 bits per heavy atom. The van der Waals surface area contributed by atoms with E-state index >= 15 is 0 Å². The molecule has 0 fully saturated rings. The van der Waals surface area contributed by atoms with E-state index in [9.17, 15) is 4.79 Å². The highest BCUT2D eigenvalue weighted by molar-refractivity contribution is 8.29. The first kappa shape index (κ1) is 21.8. The summed E-state index contributed by atoms with van der Waals surface area (Å²) in [5.41, 5.74) is 0.697. The average molecular weight is 388 g/mol. The highest BCUT2D eigenvalue weighted by Gasteiger charge is 2.28. The highest BCUT2D eigenvalue weighted by Crippen LogP contribution is 2.32. The number of halogens is 1. The summed E-state index contributed by atoms with van der Waals surface area (Å²) in [6.45, 7) is 17.0. The Bertz CT molecular complexity index is 535. The lowest BCUT2D eigenvalue weighted by atomic mass is 10.3. The molecule has 142 valence electrons. The third kappa shape index (κ3) is 5.38. The maximum absolute atomic E-state index is 12.4. The van der Waals surface area contributed by atoms with Crippen LogP contribution in [0.3, 0.4) is 0 Å². The lowest BCUT2D eigenvalue weighted by molar-refractivity contribution is 0.213. The summed E-state index contributed by atoms with van der Waals surface area (Å²) in [6.07, 6.45) is 0. The predicted molar refractivity (Wildman–Crippen MR) is 109 cm³/mol. The zero-order valence-electron chi connectivity index (χ0n) is 16.2. The molecule has 1 rings (SSSR count). The van der Waals surface area contributed by atoms with Gasteiger partial charge in [-0.25, -0.2) is 9.79 Å². The Balaban J connectivity index is 3.44. The molecule has 0 aliphatic carbocycles. The van der Waals surface area contributed by atoms with E-state index in [2.05, 4.69) is 47.5 Å². The van der Waals surface area contributed by atoms with Crippen molar-refractivity contribution in [1.29, 1.82) is 0 Å². The fourth-order valence-corrected chi connectivity index (χ4v) is 3.66. The second kappa shape index (κ2) is 10.7. The lowest BCUT2D eigenvalue weighted by Crippen LogP contribution is -2.37. The van der Waals surface area contributed by atoms with Crippen LogP contribution in [0.5, 0.6) is 0 Å². The molecule has 0 bridgehead atoms. The fourth-order valence-electron chi connectivity index (χ4n) is 2.71. The molecule has 2 amide bonds. The van der Waals surface area contributed by atoms with Gasteiger partial charge in [0.1, 0.15) is 16.6 Å². The first-order valence-electron chi connectivity index (χ1n) is 9.01. The molecule has 0 atom stereocenters. The van der Waals surface area contributed by atoms with Gasteiger partial charge in [-0.3, -0.25) is 0 Å². The highest BCUT2D eigenvalue weighted by atomic mass is 35.5. The molecule has 1 aliphatic heterocycles. The van der Waals surface area contributed by atoms with Crippen molar-refractivity contribution in [3.05, 3.63) is 11.5 Å². The van der Waals surface area contributed by atoms with Crippen molar-refractivity contribution in [2.45, 2.75) is 41.5 Å². The van der Waals surface area contributed by atoms with Crippen molar-refractivity contribution in [1.82, 2.24) is 14.7 Å². The van der Waals surface area contributed by atoms with Gasteiger partial charge in [0.2, 0.25) is 0 Å². The smallest absolute Gasteiger partial charge is 0.344 e. The number of thioether (sulfide) groups is 1. The second-order valence-electron chi connectivity index (χ2n) is 5.36. The molecular formula is C17H30ClN5OS. The molecule has 1 heterocycles. The van der Waals surface area contributed by atoms with Crippen LogP contribution in [0.25, 0.3) is 0 Å². The maximum Gasteiger partial charge on any atom is 0.344 e. The third-order valence-corrected chi connectivity index (χ3v) is 5.21. The van der Waals surface area contributed by atoms with Gasteiger partial charge < -0.3 is 14.7 Å². The van der Waals surface area contributed by atoms with Crippen molar-refractivity contribution in [3.63, 3.8) is 0 Å². The summed E-state index contributed by atoms with van der Waals surface area (Å²) in [4.78, 5) is 27.4. The molecule has 0 spiro atoms. The van der Waals surface area contributed by atoms with Crippen LogP contribution in [0.15, 0.2) is 21.5 Å². The molecule has 0 N–H and O–H groups in total. The normalized spacial score (nSPS) is 15.4. The molecule has 0 saturated heterocycles. The van der Waals surface area contributed by atoms with E-state index in [1.54, 1.807) is 4.90 Å². The maximum atomic E-state index is 12.4. The quantitative estimate of drug-likeness (QED) is 0.630. The molecule has 0 aromatic rings. The van der Waals surface area contributed by atoms with E-state index in [0.717, 1.165) is 32.0 Å². The van der Waals surface area contributed by atoms with Crippen LogP contribution in [-0.4, -0.2) is 69.5 Å². The van der Waals surface area contributed by atoms with Crippen molar-refractivity contribution in [2.24, 2.45) is 9.98 Å². The number of urea groups is 1. The van der Waals surface area contributed by atoms with Crippen molar-refractivity contribution in [2.75, 3.05) is 39.3 Å². The Morgan fingerprint density at radius 2 is 1.36 bits per heavy atom. The van der Waals surface area contributed by atoms with E-state index in [4.69, 9.17) is 11.6 Å². The SMILES string of the molecule is CCN(CC)C(=O)/N=C1/SC(Cl)=NC1=C(N(CC)CC)N(CC)CC. The number of carbonyl (C=O) groups is 1. The summed E-state index contributed by atoms with van der Waals surface area (Å²) in [7, 11) is 0. The van der Waals surface area contributed by atoms with Crippen molar-refractivity contribution in [3.8, 4) is 0 Å². The molecule has 0 aromatic heterocycles. The summed E-state index contributed by atoms with van der Waals surface area (Å²) < 4.78 is 0.401. The van der Waals surface area contributed by atoms with Gasteiger partial charge in [0.25, 0.3) is 0 Å². The van der Waals surface area contributed by atoms with Gasteiger partial charge >= 0.3 is 6.03 Å². The summed E-state index contributed by atoms with van der Waals surface area (Å²) in [5, 5.41) is 0.579. The predicted octanol–water partition coefficient (Wildman–Crippen LogP) is 4.04. The minimum absolute atomic E-state index is 0.245. The molecule has 25 heavy (non-hydrogen) atoms. The number of aliphatic imine (C=N–C) groups is 2. The first-order chi connectivity index (χ1) is 12.0. The second-order valence-corrected chi connectivity index (χ2v) is 6.92. The Labute approximate surface area is 161 Å². The van der Waals surface area contributed by atoms with Crippen LogP contribution in [0.2, 0.25) is 0 Å². The van der Waals surface area contributed by atoms with Gasteiger partial charge in [-0.1, -0.05) is 11.6 Å². The number of rotatable bonds is 8. The van der Waals surface area contributed by atoms with Gasteiger partial charge in [-0.2, -0.15) is 4.99 Å². The van der Waals surface area contributed by atoms with Crippen LogP contribution in [0, 0.1) is 0 Å². The van der Waals surface area contributed by atoms with E-state index < -0.39 is 0 Å². The van der Waals surface area contributed by atoms with E-state index in [0.29, 0.717) is 28.3 Å². The minimum atomic E-state index is -0.245. The minimum Gasteiger partial charge on any atom is -0.357 e.